The van der Waals surface area contributed by atoms with Crippen molar-refractivity contribution in [1.29, 1.82) is 0 Å². The standard InChI is InChI=1S/C8H10O3.C2H4O2/c1-7(9)11-8(10)5-3-2-4-6-8;1-2(3)4/h2-5,10H,6H2,1H3;1H3,(H,3,4)/p-1. The third-order valence-corrected chi connectivity index (χ3v) is 1.33. The maximum atomic E-state index is 10.5. The van der Waals surface area contributed by atoms with Gasteiger partial charge in [0.2, 0.25) is 5.79 Å². The highest BCUT2D eigenvalue weighted by molar-refractivity contribution is 5.66. The fourth-order valence-electron chi connectivity index (χ4n) is 0.914. The maximum absolute atomic E-state index is 10.5. The van der Waals surface area contributed by atoms with Crippen molar-refractivity contribution in [2.24, 2.45) is 0 Å². The first-order valence-electron chi connectivity index (χ1n) is 4.29. The molecule has 0 spiro atoms. The summed E-state index contributed by atoms with van der Waals surface area (Å²) in [4.78, 5) is 19.4. The molecule has 0 radical (unpaired) electrons. The minimum absolute atomic E-state index is 0.322. The van der Waals surface area contributed by atoms with E-state index < -0.39 is 17.7 Å². The molecule has 0 saturated heterocycles. The van der Waals surface area contributed by atoms with Crippen LogP contribution in [0.4, 0.5) is 0 Å². The van der Waals surface area contributed by atoms with Crippen LogP contribution in [0.15, 0.2) is 24.3 Å². The molecule has 0 bridgehead atoms. The molecule has 0 aliphatic heterocycles. The Morgan fingerprint density at radius 3 is 2.27 bits per heavy atom. The van der Waals surface area contributed by atoms with Gasteiger partial charge in [-0.15, -0.1) is 0 Å². The van der Waals surface area contributed by atoms with Crippen molar-refractivity contribution in [2.75, 3.05) is 0 Å². The van der Waals surface area contributed by atoms with Gasteiger partial charge in [0.1, 0.15) is 0 Å². The molecule has 0 heterocycles. The molecular formula is C10H13O5-. The second kappa shape index (κ2) is 5.98. The lowest BCUT2D eigenvalue weighted by molar-refractivity contribution is -0.302. The third-order valence-electron chi connectivity index (χ3n) is 1.33. The van der Waals surface area contributed by atoms with Gasteiger partial charge in [0, 0.05) is 19.3 Å². The van der Waals surface area contributed by atoms with Gasteiger partial charge >= 0.3 is 5.97 Å². The molecule has 5 nitrogen and oxygen atoms in total. The van der Waals surface area contributed by atoms with Crippen molar-refractivity contribution in [3.05, 3.63) is 24.3 Å². The average Bonchev–Trinajstić information content (AvgIpc) is 2.01. The molecule has 0 aromatic carbocycles. The molecule has 0 fully saturated rings. The lowest BCUT2D eigenvalue weighted by atomic mass is 10.1. The largest absolute Gasteiger partial charge is 0.550 e. The Morgan fingerprint density at radius 1 is 1.40 bits per heavy atom. The SMILES string of the molecule is CC(=O)OC1(O)C=CC=CC1.CC(=O)[O-]. The number of carbonyl (C=O) groups is 2. The minimum atomic E-state index is -1.42. The van der Waals surface area contributed by atoms with Crippen LogP contribution in [0, 0.1) is 0 Å². The smallest absolute Gasteiger partial charge is 0.305 e. The quantitative estimate of drug-likeness (QED) is 0.469. The molecule has 1 atom stereocenters. The van der Waals surface area contributed by atoms with Crippen LogP contribution < -0.4 is 5.11 Å². The number of carbonyl (C=O) groups excluding carboxylic acids is 2. The second-order valence-corrected chi connectivity index (χ2v) is 2.92. The molecule has 0 aromatic rings. The zero-order valence-electron chi connectivity index (χ0n) is 8.60. The molecule has 1 aliphatic carbocycles. The summed E-state index contributed by atoms with van der Waals surface area (Å²) < 4.78 is 4.66. The predicted octanol–water partition coefficient (Wildman–Crippen LogP) is -0.490. The average molecular weight is 213 g/mol. The monoisotopic (exact) mass is 213 g/mol. The summed E-state index contributed by atoms with van der Waals surface area (Å²) in [6.45, 7) is 2.24. The van der Waals surface area contributed by atoms with Crippen LogP contribution in [0.1, 0.15) is 20.3 Å². The Kier molecular flexibility index (Phi) is 5.33. The lowest BCUT2D eigenvalue weighted by Gasteiger charge is -2.23. The van der Waals surface area contributed by atoms with Crippen molar-refractivity contribution in [3.63, 3.8) is 0 Å². The van der Waals surface area contributed by atoms with Crippen LogP contribution >= 0.6 is 0 Å². The highest BCUT2D eigenvalue weighted by atomic mass is 16.7. The van der Waals surface area contributed by atoms with Crippen LogP contribution in [0.25, 0.3) is 0 Å². The lowest BCUT2D eigenvalue weighted by Crippen LogP contribution is -2.32. The van der Waals surface area contributed by atoms with E-state index in [4.69, 9.17) is 9.90 Å². The van der Waals surface area contributed by atoms with Crippen molar-refractivity contribution < 1.29 is 24.5 Å². The number of ether oxygens (including phenoxy) is 1. The van der Waals surface area contributed by atoms with Crippen LogP contribution in [0.3, 0.4) is 0 Å². The fourth-order valence-corrected chi connectivity index (χ4v) is 0.914. The third kappa shape index (κ3) is 7.45. The first-order valence-corrected chi connectivity index (χ1v) is 4.29. The number of rotatable bonds is 1. The van der Waals surface area contributed by atoms with Crippen molar-refractivity contribution in [3.8, 4) is 0 Å². The number of hydrogen-bond donors (Lipinski definition) is 1. The number of hydrogen-bond acceptors (Lipinski definition) is 5. The number of carboxylic acids is 1. The van der Waals surface area contributed by atoms with Crippen LogP contribution in [0.5, 0.6) is 0 Å². The van der Waals surface area contributed by atoms with Gasteiger partial charge in [0.05, 0.1) is 0 Å². The Balaban J connectivity index is 0.000000423. The zero-order chi connectivity index (χ0) is 11.9. The normalized spacial score (nSPS) is 22.6. The summed E-state index contributed by atoms with van der Waals surface area (Å²) in [7, 11) is 0. The highest BCUT2D eigenvalue weighted by Crippen LogP contribution is 2.18. The zero-order valence-corrected chi connectivity index (χ0v) is 8.60. The fraction of sp³-hybridized carbons (Fsp3) is 0.400. The van der Waals surface area contributed by atoms with Crippen molar-refractivity contribution >= 4 is 11.9 Å². The number of aliphatic hydroxyl groups is 1. The van der Waals surface area contributed by atoms with E-state index in [9.17, 15) is 9.90 Å². The molecule has 15 heavy (non-hydrogen) atoms. The van der Waals surface area contributed by atoms with Crippen molar-refractivity contribution in [2.45, 2.75) is 26.1 Å². The highest BCUT2D eigenvalue weighted by Gasteiger charge is 2.26. The summed E-state index contributed by atoms with van der Waals surface area (Å²) in [5.41, 5.74) is 0. The molecule has 84 valence electrons. The Morgan fingerprint density at radius 2 is 1.93 bits per heavy atom. The minimum Gasteiger partial charge on any atom is -0.550 e. The first kappa shape index (κ1) is 13.4. The van der Waals surface area contributed by atoms with Gasteiger partial charge in [-0.25, -0.2) is 0 Å². The molecule has 1 aliphatic rings. The Hall–Kier alpha value is -1.62. The number of aliphatic carboxylic acids is 1. The molecule has 0 amide bonds. The molecule has 1 rings (SSSR count). The van der Waals surface area contributed by atoms with Crippen LogP contribution in [0.2, 0.25) is 0 Å². The van der Waals surface area contributed by atoms with E-state index in [0.717, 1.165) is 6.92 Å². The van der Waals surface area contributed by atoms with E-state index in [2.05, 4.69) is 4.74 Å². The Labute approximate surface area is 87.7 Å². The predicted molar refractivity (Wildman–Crippen MR) is 50.3 cm³/mol. The van der Waals surface area contributed by atoms with Gasteiger partial charge in [-0.05, 0) is 13.0 Å². The molecule has 0 aromatic heterocycles. The van der Waals surface area contributed by atoms with E-state index in [0.29, 0.717) is 6.42 Å². The topological polar surface area (TPSA) is 86.7 Å². The molecule has 0 saturated carbocycles. The Bertz CT molecular complexity index is 288. The number of carboxylic acid groups (broad SMARTS) is 1. The van der Waals surface area contributed by atoms with Crippen molar-refractivity contribution in [1.82, 2.24) is 0 Å². The van der Waals surface area contributed by atoms with Gasteiger partial charge < -0.3 is 19.7 Å². The van der Waals surface area contributed by atoms with Gasteiger partial charge in [-0.1, -0.05) is 18.2 Å². The van der Waals surface area contributed by atoms with Gasteiger partial charge in [0.15, 0.2) is 0 Å². The molecule has 5 heteroatoms. The van der Waals surface area contributed by atoms with Crippen LogP contribution in [-0.2, 0) is 14.3 Å². The summed E-state index contributed by atoms with van der Waals surface area (Å²) in [6, 6.07) is 0. The maximum Gasteiger partial charge on any atom is 0.305 e. The van der Waals surface area contributed by atoms with E-state index in [1.54, 1.807) is 18.2 Å². The van der Waals surface area contributed by atoms with Gasteiger partial charge in [0.25, 0.3) is 0 Å². The van der Waals surface area contributed by atoms with E-state index in [1.807, 2.05) is 0 Å². The van der Waals surface area contributed by atoms with Crippen LogP contribution in [-0.4, -0.2) is 22.8 Å². The number of allylic oxidation sites excluding steroid dienone is 2. The summed E-state index contributed by atoms with van der Waals surface area (Å²) in [5, 5.41) is 18.3. The van der Waals surface area contributed by atoms with E-state index in [1.165, 1.54) is 13.0 Å². The summed E-state index contributed by atoms with van der Waals surface area (Å²) >= 11 is 0. The first-order chi connectivity index (χ1) is 6.86. The second-order valence-electron chi connectivity index (χ2n) is 2.92. The molecule has 1 N–H and O–H groups in total. The van der Waals surface area contributed by atoms with E-state index >= 15 is 0 Å². The number of esters is 1. The van der Waals surface area contributed by atoms with Gasteiger partial charge in [-0.3, -0.25) is 4.79 Å². The molecule has 1 unspecified atom stereocenters. The summed E-state index contributed by atoms with van der Waals surface area (Å²) in [6.07, 6.45) is 6.95. The van der Waals surface area contributed by atoms with E-state index in [-0.39, 0.29) is 0 Å². The van der Waals surface area contributed by atoms with Gasteiger partial charge in [-0.2, -0.15) is 0 Å². The summed E-state index contributed by atoms with van der Waals surface area (Å²) in [5.74, 6) is -2.98. The molecular weight excluding hydrogens is 200 g/mol.